The van der Waals surface area contributed by atoms with Crippen LogP contribution in [0.5, 0.6) is 23.0 Å². The fourth-order valence-corrected chi connectivity index (χ4v) is 17.5. The van der Waals surface area contributed by atoms with Gasteiger partial charge in [-0.25, -0.2) is 29.9 Å². The molecule has 2 aliphatic carbocycles. The molecule has 2 aromatic heterocycles. The van der Waals surface area contributed by atoms with E-state index < -0.39 is 17.9 Å². The number of benzene rings is 14. The molecule has 5 heterocycles. The van der Waals surface area contributed by atoms with Crippen molar-refractivity contribution >= 4 is 51.7 Å². The molecule has 21 rings (SSSR count). The van der Waals surface area contributed by atoms with E-state index in [0.29, 0.717) is 34.9 Å². The van der Waals surface area contributed by atoms with E-state index in [1.54, 1.807) is 0 Å². The Balaban J connectivity index is 0.000000120. The zero-order valence-corrected chi connectivity index (χ0v) is 64.5. The largest absolute Gasteiger partial charge is 0.494 e. The molecule has 112 heavy (non-hydrogen) atoms. The van der Waals surface area contributed by atoms with Crippen molar-refractivity contribution in [2.45, 2.75) is 49.7 Å². The first-order chi connectivity index (χ1) is 54.7. The zero-order valence-electron chi connectivity index (χ0n) is 61.4. The number of halogens is 3. The fourth-order valence-electron chi connectivity index (χ4n) is 16.5. The molecule has 0 N–H and O–H groups in total. The Morgan fingerprint density at radius 1 is 0.268 bits per heavy atom. The summed E-state index contributed by atoms with van der Waals surface area (Å²) in [6, 6.07) is 116. The first-order valence-electron chi connectivity index (χ1n) is 37.3. The van der Waals surface area contributed by atoms with E-state index in [9.17, 15) is 0 Å². The number of hydrogen-bond donors (Lipinski definition) is 0. The molecule has 3 aliphatic heterocycles. The second-order valence-electron chi connectivity index (χ2n) is 29.3. The van der Waals surface area contributed by atoms with Gasteiger partial charge >= 0.3 is 7.12 Å². The summed E-state index contributed by atoms with van der Waals surface area (Å²) in [5, 5.41) is 1.53. The summed E-state index contributed by atoms with van der Waals surface area (Å²) in [6.45, 7) is 8.23. The van der Waals surface area contributed by atoms with Gasteiger partial charge in [-0.2, -0.15) is 0 Å². The second kappa shape index (κ2) is 28.2. The summed E-state index contributed by atoms with van der Waals surface area (Å²) in [7, 11) is -0.401. The summed E-state index contributed by atoms with van der Waals surface area (Å²) in [4.78, 5) is 29.1. The topological polar surface area (TPSA) is 114 Å². The molecule has 0 radical (unpaired) electrons. The van der Waals surface area contributed by atoms with Crippen LogP contribution in [0.25, 0.3) is 102 Å². The van der Waals surface area contributed by atoms with Gasteiger partial charge in [0, 0.05) is 82.4 Å². The monoisotopic (exact) mass is 1550 g/mol. The molecule has 0 bridgehead atoms. The Labute approximate surface area is 668 Å². The molecule has 2 atom stereocenters. The van der Waals surface area contributed by atoms with Crippen LogP contribution in [0.2, 0.25) is 10.0 Å². The highest BCUT2D eigenvalue weighted by molar-refractivity contribution is 9.10. The molecule has 0 amide bonds. The van der Waals surface area contributed by atoms with Gasteiger partial charge in [0.15, 0.2) is 34.9 Å². The highest BCUT2D eigenvalue weighted by Gasteiger charge is 2.55. The fraction of sp³-hybridized carbons (Fsp3) is 0.0816. The molecule has 1 saturated heterocycles. The van der Waals surface area contributed by atoms with Gasteiger partial charge < -0.3 is 18.8 Å². The van der Waals surface area contributed by atoms with Crippen LogP contribution in [-0.4, -0.2) is 48.2 Å². The Hall–Kier alpha value is -12.3. The van der Waals surface area contributed by atoms with Crippen LogP contribution in [-0.2, 0) is 20.1 Å². The Kier molecular flexibility index (Phi) is 17.7. The number of para-hydroxylation sites is 4. The van der Waals surface area contributed by atoms with Crippen molar-refractivity contribution in [3.05, 3.63) is 399 Å². The van der Waals surface area contributed by atoms with Crippen molar-refractivity contribution in [2.24, 2.45) is 0 Å². The van der Waals surface area contributed by atoms with Crippen molar-refractivity contribution < 1.29 is 18.8 Å². The highest BCUT2D eigenvalue weighted by atomic mass is 79.9. The summed E-state index contributed by atoms with van der Waals surface area (Å²) >= 11 is 17.4. The van der Waals surface area contributed by atoms with Crippen LogP contribution in [0.3, 0.4) is 0 Å². The maximum atomic E-state index is 6.99. The Bertz CT molecular complexity index is 6210. The van der Waals surface area contributed by atoms with Crippen LogP contribution < -0.4 is 14.9 Å². The maximum absolute atomic E-state index is 6.99. The summed E-state index contributed by atoms with van der Waals surface area (Å²) in [6.07, 6.45) is 0. The van der Waals surface area contributed by atoms with E-state index in [4.69, 9.17) is 71.9 Å². The standard InChI is InChI=1S/C46H28ClN3O.C27H26BN3O2.C25H14BrClO/c47-39-23-12-21-37-41(39)34-17-7-8-19-35(34)46(37)36-20-9-10-24-40(36)51-42-33(18-11-22-38(42)46)29-25-27-32(28-26-29)45-49-43(30-13-3-1-4-14-30)48-44(50-45)31-15-5-2-6-16-31;1-26(2)27(3,4)33-28(32-26)22-17-15-21(16-18-22)25-30-23(19-11-7-5-8-12-19)29-24(31-25)20-13-9-6-10-14-20;26-20-12-5-11-19-24(20)28-22-14-4-3-9-17(22)25(19)16-8-2-1-7-15(16)23-18(25)10-6-13-21(23)27/h1-28H;5-18H,1-4H3;1-14H. The molecular weight excluding hydrogens is 1490 g/mol. The molecule has 538 valence electrons. The molecule has 5 aliphatic rings. The van der Waals surface area contributed by atoms with Gasteiger partial charge in [0.2, 0.25) is 0 Å². The van der Waals surface area contributed by atoms with Crippen LogP contribution in [0, 0.1) is 0 Å². The average Bonchev–Trinajstić information content (AvgIpc) is 1.50. The van der Waals surface area contributed by atoms with E-state index in [1.807, 2.05) is 188 Å². The molecule has 0 saturated carbocycles. The third-order valence-electron chi connectivity index (χ3n) is 22.4. The van der Waals surface area contributed by atoms with Gasteiger partial charge in [-0.15, -0.1) is 0 Å². The van der Waals surface area contributed by atoms with Gasteiger partial charge in [-0.1, -0.05) is 333 Å². The van der Waals surface area contributed by atoms with Crippen LogP contribution in [0.15, 0.2) is 344 Å². The van der Waals surface area contributed by atoms with Crippen molar-refractivity contribution in [3.8, 4) is 125 Å². The van der Waals surface area contributed by atoms with Crippen LogP contribution in [0.4, 0.5) is 0 Å². The maximum Gasteiger partial charge on any atom is 0.494 e. The minimum Gasteiger partial charge on any atom is -0.456 e. The Morgan fingerprint density at radius 3 is 0.982 bits per heavy atom. The minimum absolute atomic E-state index is 0.375. The molecule has 2 spiro atoms. The molecule has 2 unspecified atom stereocenters. The number of ether oxygens (including phenoxy) is 2. The lowest BCUT2D eigenvalue weighted by atomic mass is 9.65. The highest BCUT2D eigenvalue weighted by Crippen LogP contribution is 2.66. The predicted molar refractivity (Wildman–Crippen MR) is 452 cm³/mol. The number of hydrogen-bond acceptors (Lipinski definition) is 10. The molecule has 14 aromatic carbocycles. The van der Waals surface area contributed by atoms with Crippen LogP contribution >= 0.6 is 39.1 Å². The third-order valence-corrected chi connectivity index (χ3v) is 23.6. The normalized spacial score (nSPS) is 16.3. The van der Waals surface area contributed by atoms with Gasteiger partial charge in [-0.05, 0) is 118 Å². The van der Waals surface area contributed by atoms with E-state index in [2.05, 4.69) is 195 Å². The van der Waals surface area contributed by atoms with E-state index >= 15 is 0 Å². The number of aromatic nitrogens is 6. The number of fused-ring (bicyclic) bond motifs is 18. The predicted octanol–water partition coefficient (Wildman–Crippen LogP) is 24.4. The quantitative estimate of drug-likeness (QED) is 0.136. The van der Waals surface area contributed by atoms with Crippen molar-refractivity contribution in [1.82, 2.24) is 29.9 Å². The van der Waals surface area contributed by atoms with Crippen LogP contribution in [0.1, 0.15) is 72.2 Å². The molecule has 10 nitrogen and oxygen atoms in total. The third kappa shape index (κ3) is 11.8. The molecular formula is C98H68BBrCl2N6O4. The van der Waals surface area contributed by atoms with Crippen molar-refractivity contribution in [2.75, 3.05) is 0 Å². The van der Waals surface area contributed by atoms with Gasteiger partial charge in [0.1, 0.15) is 23.0 Å². The smallest absolute Gasteiger partial charge is 0.456 e. The van der Waals surface area contributed by atoms with E-state index in [-0.39, 0.29) is 11.2 Å². The lowest BCUT2D eigenvalue weighted by Gasteiger charge is -2.40. The first-order valence-corrected chi connectivity index (χ1v) is 38.9. The lowest BCUT2D eigenvalue weighted by Crippen LogP contribution is -2.41. The molecule has 1 fully saturated rings. The second-order valence-corrected chi connectivity index (χ2v) is 30.9. The number of nitrogens with zero attached hydrogens (tertiary/aromatic N) is 6. The van der Waals surface area contributed by atoms with E-state index in [1.165, 1.54) is 27.8 Å². The first kappa shape index (κ1) is 70.2. The van der Waals surface area contributed by atoms with Gasteiger partial charge in [0.05, 0.1) is 26.5 Å². The SMILES string of the molecule is CC1(C)OB(c2ccc(-c3nc(-c4ccccc4)nc(-c4ccccc4)n3)cc2)OC1(C)C.Clc1cccc2c1-c1ccccc1C21c2ccccc2Oc2c(-c3ccc(-c4nc(-c5ccccc5)nc(-c5ccccc5)n4)cc3)cccc21.Clc1cccc2c1-c1ccccc1C21c2ccccc2Oc2c(Br)cccc21. The number of rotatable bonds is 8. The van der Waals surface area contributed by atoms with Crippen molar-refractivity contribution in [3.63, 3.8) is 0 Å². The summed E-state index contributed by atoms with van der Waals surface area (Å²) in [5.41, 5.74) is 20.6. The van der Waals surface area contributed by atoms with Gasteiger partial charge in [0.25, 0.3) is 0 Å². The molecule has 16 aromatic rings. The van der Waals surface area contributed by atoms with Crippen molar-refractivity contribution in [1.29, 1.82) is 0 Å². The lowest BCUT2D eigenvalue weighted by molar-refractivity contribution is 0.00578. The summed E-state index contributed by atoms with van der Waals surface area (Å²) < 4.78 is 26.6. The average molecular weight is 1560 g/mol. The summed E-state index contributed by atoms with van der Waals surface area (Å²) in [5.74, 6) is 7.23. The minimum atomic E-state index is -0.594. The molecule has 14 heteroatoms. The zero-order chi connectivity index (χ0) is 75.9. The van der Waals surface area contributed by atoms with E-state index in [0.717, 1.165) is 126 Å². The Morgan fingerprint density at radius 2 is 0.562 bits per heavy atom. The van der Waals surface area contributed by atoms with Gasteiger partial charge in [-0.3, -0.25) is 0 Å².